The van der Waals surface area contributed by atoms with E-state index in [4.69, 9.17) is 19.8 Å². The van der Waals surface area contributed by atoms with Crippen LogP contribution in [-0.4, -0.2) is 24.3 Å². The van der Waals surface area contributed by atoms with E-state index < -0.39 is 30.2 Å². The van der Waals surface area contributed by atoms with Crippen LogP contribution in [0.1, 0.15) is 42.5 Å². The molecule has 2 rings (SSSR count). The number of hydrogen-bond donors (Lipinski definition) is 1. The topological polar surface area (TPSA) is 79.6 Å². The highest BCUT2D eigenvalue weighted by molar-refractivity contribution is 5.70. The summed E-state index contributed by atoms with van der Waals surface area (Å²) in [5, 5.41) is 17.7. The Balaban J connectivity index is 0.000000749. The van der Waals surface area contributed by atoms with Crippen molar-refractivity contribution in [2.45, 2.75) is 33.6 Å². The lowest BCUT2D eigenvalue weighted by molar-refractivity contribution is -0.136. The van der Waals surface area contributed by atoms with Gasteiger partial charge in [-0.2, -0.15) is 5.26 Å². The van der Waals surface area contributed by atoms with Crippen molar-refractivity contribution in [2.75, 3.05) is 13.2 Å². The van der Waals surface area contributed by atoms with Gasteiger partial charge in [0.15, 0.2) is 11.6 Å². The number of carboxylic acid groups (broad SMARTS) is 1. The maximum Gasteiger partial charge on any atom is 0.307 e. The van der Waals surface area contributed by atoms with Crippen molar-refractivity contribution in [1.82, 2.24) is 0 Å². The van der Waals surface area contributed by atoms with Gasteiger partial charge in [0, 0.05) is 24.3 Å². The van der Waals surface area contributed by atoms with Crippen molar-refractivity contribution in [3.05, 3.63) is 58.4 Å². The van der Waals surface area contributed by atoms with E-state index in [-0.39, 0.29) is 22.6 Å². The Hall–Kier alpha value is -3.05. The van der Waals surface area contributed by atoms with Crippen LogP contribution in [0.5, 0.6) is 11.5 Å². The van der Waals surface area contributed by atoms with Gasteiger partial charge >= 0.3 is 5.97 Å². The largest absolute Gasteiger partial charge is 0.481 e. The summed E-state index contributed by atoms with van der Waals surface area (Å²) in [6.45, 7) is 7.20. The molecule has 156 valence electrons. The average Bonchev–Trinajstić information content (AvgIpc) is 2.68. The van der Waals surface area contributed by atoms with Gasteiger partial charge in [0.05, 0.1) is 18.1 Å². The fourth-order valence-electron chi connectivity index (χ4n) is 2.31. The number of halogens is 3. The van der Waals surface area contributed by atoms with E-state index >= 15 is 0 Å². The minimum Gasteiger partial charge on any atom is -0.481 e. The molecule has 8 heteroatoms. The molecule has 0 aliphatic carbocycles. The van der Waals surface area contributed by atoms with Crippen LogP contribution >= 0.6 is 0 Å². The number of rotatable bonds is 7. The number of aliphatic carboxylic acids is 1. The van der Waals surface area contributed by atoms with E-state index in [1.165, 1.54) is 25.1 Å². The first kappa shape index (κ1) is 24.0. The van der Waals surface area contributed by atoms with Gasteiger partial charge < -0.3 is 14.6 Å². The molecule has 0 aromatic heterocycles. The molecule has 0 spiro atoms. The van der Waals surface area contributed by atoms with Crippen LogP contribution in [0.15, 0.2) is 30.3 Å². The van der Waals surface area contributed by atoms with Gasteiger partial charge in [0.25, 0.3) is 6.43 Å². The highest BCUT2D eigenvalue weighted by Crippen LogP contribution is 2.33. The molecule has 0 amide bonds. The molecule has 5 nitrogen and oxygen atoms in total. The van der Waals surface area contributed by atoms with Crippen molar-refractivity contribution in [1.29, 1.82) is 5.26 Å². The maximum absolute atomic E-state index is 14.4. The molecule has 0 saturated carbocycles. The maximum atomic E-state index is 14.4. The molecule has 29 heavy (non-hydrogen) atoms. The van der Waals surface area contributed by atoms with Crippen molar-refractivity contribution < 1.29 is 32.5 Å². The van der Waals surface area contributed by atoms with Crippen LogP contribution in [0.25, 0.3) is 0 Å². The van der Waals surface area contributed by atoms with E-state index in [1.807, 2.05) is 13.8 Å². The van der Waals surface area contributed by atoms with Gasteiger partial charge in [-0.15, -0.1) is 0 Å². The monoisotopic (exact) mass is 409 g/mol. The minimum absolute atomic E-state index is 0.0532. The Bertz CT molecular complexity index is 877. The molecule has 0 aliphatic heterocycles. The van der Waals surface area contributed by atoms with Crippen molar-refractivity contribution in [3.8, 4) is 17.6 Å². The molecule has 0 radical (unpaired) electrons. The Labute approximate surface area is 167 Å². The molecule has 0 heterocycles. The molecular weight excluding hydrogens is 387 g/mol. The van der Waals surface area contributed by atoms with E-state index in [9.17, 15) is 18.0 Å². The van der Waals surface area contributed by atoms with Crippen LogP contribution in [-0.2, 0) is 16.0 Å². The third-order valence-electron chi connectivity index (χ3n) is 3.65. The summed E-state index contributed by atoms with van der Waals surface area (Å²) in [7, 11) is 0. The summed E-state index contributed by atoms with van der Waals surface area (Å²) in [4.78, 5) is 10.8. The second-order valence-corrected chi connectivity index (χ2v) is 5.84. The summed E-state index contributed by atoms with van der Waals surface area (Å²) in [6, 6.07) is 7.75. The predicted octanol–water partition coefficient (Wildman–Crippen LogP) is 5.41. The number of alkyl halides is 2. The Morgan fingerprint density at radius 1 is 1.21 bits per heavy atom. The lowest BCUT2D eigenvalue weighted by Crippen LogP contribution is -2.04. The number of nitriles is 1. The zero-order valence-electron chi connectivity index (χ0n) is 16.3. The SMILES string of the molecule is CCOCC.Cc1ccc(CC(=O)O)c(F)c1Oc1cc(C#N)cc(C(F)F)c1. The fraction of sp³-hybridized carbons (Fsp3) is 0.333. The normalized spacial score (nSPS) is 10.1. The van der Waals surface area contributed by atoms with Crippen LogP contribution in [0.3, 0.4) is 0 Å². The van der Waals surface area contributed by atoms with Gasteiger partial charge in [-0.25, -0.2) is 13.2 Å². The van der Waals surface area contributed by atoms with Gasteiger partial charge in [-0.3, -0.25) is 4.79 Å². The third-order valence-corrected chi connectivity index (χ3v) is 3.65. The number of ether oxygens (including phenoxy) is 2. The number of carbonyl (C=O) groups is 1. The van der Waals surface area contributed by atoms with E-state index in [0.717, 1.165) is 25.3 Å². The molecule has 0 unspecified atom stereocenters. The van der Waals surface area contributed by atoms with E-state index in [2.05, 4.69) is 0 Å². The zero-order valence-corrected chi connectivity index (χ0v) is 16.3. The average molecular weight is 409 g/mol. The first-order valence-corrected chi connectivity index (χ1v) is 8.82. The molecule has 0 saturated heterocycles. The molecule has 2 aromatic rings. The molecular formula is C21H22F3NO4. The van der Waals surface area contributed by atoms with E-state index in [0.29, 0.717) is 5.56 Å². The summed E-state index contributed by atoms with van der Waals surface area (Å²) in [6.07, 6.45) is -3.35. The van der Waals surface area contributed by atoms with Gasteiger partial charge in [0.1, 0.15) is 5.75 Å². The second kappa shape index (κ2) is 11.7. The van der Waals surface area contributed by atoms with Crippen LogP contribution in [0, 0.1) is 24.1 Å². The summed E-state index contributed by atoms with van der Waals surface area (Å²) in [5.74, 6) is -2.48. The number of carboxylic acids is 1. The molecule has 0 atom stereocenters. The summed E-state index contributed by atoms with van der Waals surface area (Å²) >= 11 is 0. The van der Waals surface area contributed by atoms with Gasteiger partial charge in [-0.05, 0) is 44.5 Å². The summed E-state index contributed by atoms with van der Waals surface area (Å²) in [5.41, 5.74) is -0.206. The minimum atomic E-state index is -2.81. The number of aryl methyl sites for hydroxylation is 1. The van der Waals surface area contributed by atoms with Crippen molar-refractivity contribution in [3.63, 3.8) is 0 Å². The fourth-order valence-corrected chi connectivity index (χ4v) is 2.31. The lowest BCUT2D eigenvalue weighted by atomic mass is 10.1. The lowest BCUT2D eigenvalue weighted by Gasteiger charge is -2.13. The molecule has 0 bridgehead atoms. The number of hydrogen-bond acceptors (Lipinski definition) is 4. The molecule has 0 aliphatic rings. The Morgan fingerprint density at radius 2 is 1.86 bits per heavy atom. The first-order valence-electron chi connectivity index (χ1n) is 8.82. The molecule has 0 fully saturated rings. The Morgan fingerprint density at radius 3 is 2.34 bits per heavy atom. The number of nitrogens with zero attached hydrogens (tertiary/aromatic N) is 1. The van der Waals surface area contributed by atoms with Crippen LogP contribution in [0.2, 0.25) is 0 Å². The second-order valence-electron chi connectivity index (χ2n) is 5.84. The Kier molecular flexibility index (Phi) is 9.69. The third kappa shape index (κ3) is 7.47. The molecule has 2 aromatic carbocycles. The highest BCUT2D eigenvalue weighted by atomic mass is 19.3. The zero-order chi connectivity index (χ0) is 22.0. The van der Waals surface area contributed by atoms with Crippen LogP contribution < -0.4 is 4.74 Å². The van der Waals surface area contributed by atoms with Crippen molar-refractivity contribution >= 4 is 5.97 Å². The summed E-state index contributed by atoms with van der Waals surface area (Å²) < 4.78 is 50.3. The van der Waals surface area contributed by atoms with Crippen LogP contribution in [0.4, 0.5) is 13.2 Å². The van der Waals surface area contributed by atoms with Gasteiger partial charge in [-0.1, -0.05) is 12.1 Å². The van der Waals surface area contributed by atoms with E-state index in [1.54, 1.807) is 6.07 Å². The van der Waals surface area contributed by atoms with Crippen molar-refractivity contribution in [2.24, 2.45) is 0 Å². The quantitative estimate of drug-likeness (QED) is 0.662. The first-order chi connectivity index (χ1) is 13.7. The highest BCUT2D eigenvalue weighted by Gasteiger charge is 2.17. The van der Waals surface area contributed by atoms with Gasteiger partial charge in [0.2, 0.25) is 0 Å². The number of benzene rings is 2. The molecule has 1 N–H and O–H groups in total. The standard InChI is InChI=1S/C17H12F3NO3.C4H10O/c1-9-2-3-11(7-14(22)23)15(18)16(9)24-13-5-10(8-21)4-12(6-13)17(19)20;1-3-5-4-2/h2-6,17H,7H2,1H3,(H,22,23);3-4H2,1-2H3. The smallest absolute Gasteiger partial charge is 0.307 e. The predicted molar refractivity (Wildman–Crippen MR) is 101 cm³/mol.